The Kier molecular flexibility index (Phi) is 5.83. The van der Waals surface area contributed by atoms with E-state index in [2.05, 4.69) is 34.5 Å². The summed E-state index contributed by atoms with van der Waals surface area (Å²) in [7, 11) is 0. The number of hydrogen-bond acceptors (Lipinski definition) is 4. The summed E-state index contributed by atoms with van der Waals surface area (Å²) < 4.78 is 5.69. The van der Waals surface area contributed by atoms with Gasteiger partial charge in [-0.3, -0.25) is 4.79 Å². The van der Waals surface area contributed by atoms with E-state index < -0.39 is 0 Å². The van der Waals surface area contributed by atoms with Gasteiger partial charge in [0.2, 0.25) is 11.8 Å². The van der Waals surface area contributed by atoms with Gasteiger partial charge in [-0.15, -0.1) is 10.2 Å². The van der Waals surface area contributed by atoms with Gasteiger partial charge in [0.15, 0.2) is 5.78 Å². The van der Waals surface area contributed by atoms with E-state index in [1.165, 1.54) is 0 Å². The molecular formula is C28H19ClN2O2. The molecule has 0 saturated heterocycles. The van der Waals surface area contributed by atoms with E-state index in [-0.39, 0.29) is 18.1 Å². The largest absolute Gasteiger partial charge is 0.420 e. The molecule has 1 aromatic heterocycles. The van der Waals surface area contributed by atoms with Crippen molar-refractivity contribution in [1.29, 1.82) is 0 Å². The van der Waals surface area contributed by atoms with E-state index >= 15 is 0 Å². The van der Waals surface area contributed by atoms with Gasteiger partial charge in [0.25, 0.3) is 0 Å². The number of hydrogen-bond donors (Lipinski definition) is 0. The van der Waals surface area contributed by atoms with Crippen LogP contribution in [0, 0.1) is 0 Å². The zero-order valence-electron chi connectivity index (χ0n) is 17.6. The predicted molar refractivity (Wildman–Crippen MR) is 130 cm³/mol. The van der Waals surface area contributed by atoms with E-state index in [1.807, 2.05) is 66.7 Å². The zero-order chi connectivity index (χ0) is 22.6. The summed E-state index contributed by atoms with van der Waals surface area (Å²) >= 11 is 6.47. The molecule has 5 aromatic rings. The molecule has 4 nitrogen and oxygen atoms in total. The van der Waals surface area contributed by atoms with E-state index in [0.717, 1.165) is 27.8 Å². The van der Waals surface area contributed by atoms with Crippen molar-refractivity contribution in [3.63, 3.8) is 0 Å². The number of carbonyl (C=O) groups is 1. The molecule has 0 aliphatic carbocycles. The van der Waals surface area contributed by atoms with Crippen LogP contribution >= 0.6 is 11.6 Å². The molecule has 0 atom stereocenters. The summed E-state index contributed by atoms with van der Waals surface area (Å²) in [5, 5.41) is 8.67. The standard InChI is InChI=1S/C28H19ClN2O2/c29-25-16-15-23(26(32)18-27-30-31-28(33-27)22-9-5-2-6-10-22)17-24(25)21-13-11-20(12-14-21)19-7-3-1-4-8-19/h1-17H,18H2. The van der Waals surface area contributed by atoms with Crippen LogP contribution in [0.4, 0.5) is 0 Å². The van der Waals surface area contributed by atoms with Crippen molar-refractivity contribution >= 4 is 17.4 Å². The Hall–Kier alpha value is -4.02. The Morgan fingerprint density at radius 2 is 1.30 bits per heavy atom. The Labute approximate surface area is 196 Å². The van der Waals surface area contributed by atoms with Crippen LogP contribution in [0.1, 0.15) is 16.2 Å². The summed E-state index contributed by atoms with van der Waals surface area (Å²) in [5.74, 6) is 0.563. The maximum atomic E-state index is 12.9. The lowest BCUT2D eigenvalue weighted by Crippen LogP contribution is -2.04. The average molecular weight is 451 g/mol. The van der Waals surface area contributed by atoms with E-state index in [4.69, 9.17) is 16.0 Å². The van der Waals surface area contributed by atoms with Gasteiger partial charge in [-0.2, -0.15) is 0 Å². The first-order valence-electron chi connectivity index (χ1n) is 10.5. The van der Waals surface area contributed by atoms with Crippen LogP contribution < -0.4 is 0 Å². The predicted octanol–water partition coefficient (Wildman–Crippen LogP) is 7.15. The first-order chi connectivity index (χ1) is 16.2. The minimum absolute atomic E-state index is 0.0217. The first kappa shape index (κ1) is 20.9. The summed E-state index contributed by atoms with van der Waals surface area (Å²) in [6.07, 6.45) is 0.0217. The summed E-state index contributed by atoms with van der Waals surface area (Å²) in [6.45, 7) is 0. The molecule has 0 aliphatic heterocycles. The highest BCUT2D eigenvalue weighted by atomic mass is 35.5. The maximum absolute atomic E-state index is 12.9. The molecule has 0 unspecified atom stereocenters. The highest BCUT2D eigenvalue weighted by molar-refractivity contribution is 6.33. The molecule has 5 heteroatoms. The van der Waals surface area contributed by atoms with E-state index in [0.29, 0.717) is 16.5 Å². The number of nitrogens with zero attached hydrogens (tertiary/aromatic N) is 2. The van der Waals surface area contributed by atoms with Crippen LogP contribution in [0.2, 0.25) is 5.02 Å². The Bertz CT molecular complexity index is 1400. The smallest absolute Gasteiger partial charge is 0.247 e. The van der Waals surface area contributed by atoms with Gasteiger partial charge in [-0.1, -0.05) is 84.4 Å². The fourth-order valence-corrected chi connectivity index (χ4v) is 3.88. The minimum Gasteiger partial charge on any atom is -0.420 e. The number of aromatic nitrogens is 2. The van der Waals surface area contributed by atoms with Crippen molar-refractivity contribution in [2.45, 2.75) is 6.42 Å². The van der Waals surface area contributed by atoms with Gasteiger partial charge < -0.3 is 4.42 Å². The Morgan fingerprint density at radius 3 is 2.00 bits per heavy atom. The van der Waals surface area contributed by atoms with Crippen LogP contribution in [-0.2, 0) is 6.42 Å². The second-order valence-electron chi connectivity index (χ2n) is 7.60. The number of Topliss-reactive ketones (excluding diaryl/α,β-unsaturated/α-hetero) is 1. The van der Waals surface area contributed by atoms with Gasteiger partial charge in [0.1, 0.15) is 0 Å². The molecule has 0 radical (unpaired) electrons. The van der Waals surface area contributed by atoms with Gasteiger partial charge >= 0.3 is 0 Å². The molecule has 33 heavy (non-hydrogen) atoms. The van der Waals surface area contributed by atoms with E-state index in [1.54, 1.807) is 12.1 Å². The SMILES string of the molecule is O=C(Cc1nnc(-c2ccccc2)o1)c1ccc(Cl)c(-c2ccc(-c3ccccc3)cc2)c1. The lowest BCUT2D eigenvalue weighted by Gasteiger charge is -2.09. The second-order valence-corrected chi connectivity index (χ2v) is 8.01. The third kappa shape index (κ3) is 4.61. The molecular weight excluding hydrogens is 432 g/mol. The van der Waals surface area contributed by atoms with E-state index in [9.17, 15) is 4.79 Å². The molecule has 0 saturated carbocycles. The van der Waals surface area contributed by atoms with Crippen LogP contribution in [0.25, 0.3) is 33.7 Å². The molecule has 4 aromatic carbocycles. The lowest BCUT2D eigenvalue weighted by atomic mass is 9.97. The molecule has 0 bridgehead atoms. The van der Waals surface area contributed by atoms with Gasteiger partial charge in [0.05, 0.1) is 6.42 Å². The van der Waals surface area contributed by atoms with Gasteiger partial charge in [-0.25, -0.2) is 0 Å². The fourth-order valence-electron chi connectivity index (χ4n) is 3.65. The quantitative estimate of drug-likeness (QED) is 0.258. The molecule has 5 rings (SSSR count). The van der Waals surface area contributed by atoms with Gasteiger partial charge in [0, 0.05) is 21.7 Å². The third-order valence-electron chi connectivity index (χ3n) is 5.39. The summed E-state index contributed by atoms with van der Waals surface area (Å²) in [4.78, 5) is 12.9. The number of rotatable bonds is 6. The molecule has 0 fully saturated rings. The van der Waals surface area contributed by atoms with Crippen LogP contribution in [0.3, 0.4) is 0 Å². The lowest BCUT2D eigenvalue weighted by molar-refractivity contribution is 0.0985. The fraction of sp³-hybridized carbons (Fsp3) is 0.0357. The Morgan fingerprint density at radius 1 is 0.697 bits per heavy atom. The first-order valence-corrected chi connectivity index (χ1v) is 10.9. The molecule has 0 amide bonds. The maximum Gasteiger partial charge on any atom is 0.247 e. The van der Waals surface area contributed by atoms with Crippen molar-refractivity contribution < 1.29 is 9.21 Å². The number of ketones is 1. The van der Waals surface area contributed by atoms with Crippen molar-refractivity contribution in [1.82, 2.24) is 10.2 Å². The molecule has 160 valence electrons. The number of carbonyl (C=O) groups excluding carboxylic acids is 1. The van der Waals surface area contributed by atoms with Crippen molar-refractivity contribution in [2.24, 2.45) is 0 Å². The van der Waals surface area contributed by atoms with Crippen LogP contribution in [0.5, 0.6) is 0 Å². The minimum atomic E-state index is -0.114. The molecule has 1 heterocycles. The Balaban J connectivity index is 1.36. The van der Waals surface area contributed by atoms with Crippen molar-refractivity contribution in [3.05, 3.63) is 120 Å². The van der Waals surface area contributed by atoms with Crippen molar-refractivity contribution in [3.8, 4) is 33.7 Å². The zero-order valence-corrected chi connectivity index (χ0v) is 18.4. The third-order valence-corrected chi connectivity index (χ3v) is 5.72. The highest BCUT2D eigenvalue weighted by Crippen LogP contribution is 2.31. The number of halogens is 1. The van der Waals surface area contributed by atoms with Crippen molar-refractivity contribution in [2.75, 3.05) is 0 Å². The monoisotopic (exact) mass is 450 g/mol. The average Bonchev–Trinajstić information content (AvgIpc) is 3.34. The van der Waals surface area contributed by atoms with Crippen LogP contribution in [-0.4, -0.2) is 16.0 Å². The summed E-state index contributed by atoms with van der Waals surface area (Å²) in [5.41, 5.74) is 5.37. The van der Waals surface area contributed by atoms with Gasteiger partial charge in [-0.05, 0) is 47.0 Å². The molecule has 0 N–H and O–H groups in total. The normalized spacial score (nSPS) is 10.8. The second kappa shape index (κ2) is 9.23. The number of benzene rings is 4. The highest BCUT2D eigenvalue weighted by Gasteiger charge is 2.16. The molecule has 0 aliphatic rings. The van der Waals surface area contributed by atoms with Crippen LogP contribution in [0.15, 0.2) is 108 Å². The molecule has 0 spiro atoms. The topological polar surface area (TPSA) is 56.0 Å². The summed E-state index contributed by atoms with van der Waals surface area (Å²) in [6, 6.07) is 33.1.